The molecule has 20 heavy (non-hydrogen) atoms. The second-order valence-electron chi connectivity index (χ2n) is 6.08. The van der Waals surface area contributed by atoms with E-state index in [1.165, 1.54) is 12.8 Å². The lowest BCUT2D eigenvalue weighted by atomic mass is 9.98. The Kier molecular flexibility index (Phi) is 3.76. The average Bonchev–Trinajstić information content (AvgIpc) is 2.70. The quantitative estimate of drug-likeness (QED) is 0.910. The van der Waals surface area contributed by atoms with Gasteiger partial charge in [-0.05, 0) is 37.8 Å². The van der Waals surface area contributed by atoms with E-state index in [2.05, 4.69) is 4.90 Å². The standard InChI is InChI=1S/C16H23N3O/c1-18(13-5-3-2-4-6-13)16(20)11-19-14-7-8-15(19)10-12(17)9-14/h2-6,12,14-15H,7-11,17H2,1H3. The largest absolute Gasteiger partial charge is 0.328 e. The Balaban J connectivity index is 1.65. The highest BCUT2D eigenvalue weighted by atomic mass is 16.2. The molecule has 0 aliphatic carbocycles. The number of rotatable bonds is 3. The van der Waals surface area contributed by atoms with Gasteiger partial charge in [-0.3, -0.25) is 9.69 Å². The van der Waals surface area contributed by atoms with Gasteiger partial charge in [-0.1, -0.05) is 18.2 Å². The van der Waals surface area contributed by atoms with Crippen molar-refractivity contribution in [1.82, 2.24) is 4.90 Å². The minimum atomic E-state index is 0.170. The third kappa shape index (κ3) is 2.58. The van der Waals surface area contributed by atoms with Gasteiger partial charge in [0.1, 0.15) is 0 Å². The second-order valence-corrected chi connectivity index (χ2v) is 6.08. The summed E-state index contributed by atoms with van der Waals surface area (Å²) < 4.78 is 0. The molecule has 2 saturated heterocycles. The summed E-state index contributed by atoms with van der Waals surface area (Å²) in [6.07, 6.45) is 4.47. The highest BCUT2D eigenvalue weighted by Crippen LogP contribution is 2.34. The van der Waals surface area contributed by atoms with E-state index in [-0.39, 0.29) is 5.91 Å². The van der Waals surface area contributed by atoms with E-state index in [1.807, 2.05) is 37.4 Å². The topological polar surface area (TPSA) is 49.6 Å². The lowest BCUT2D eigenvalue weighted by Crippen LogP contribution is -2.51. The van der Waals surface area contributed by atoms with E-state index >= 15 is 0 Å². The lowest BCUT2D eigenvalue weighted by Gasteiger charge is -2.37. The maximum absolute atomic E-state index is 12.5. The predicted octanol–water partition coefficient (Wildman–Crippen LogP) is 1.60. The third-order valence-electron chi connectivity index (χ3n) is 4.76. The maximum atomic E-state index is 12.5. The van der Waals surface area contributed by atoms with E-state index in [1.54, 1.807) is 4.90 Å². The molecule has 2 aliphatic rings. The Morgan fingerprint density at radius 2 is 1.85 bits per heavy atom. The number of carbonyl (C=O) groups excluding carboxylic acids is 1. The molecular weight excluding hydrogens is 250 g/mol. The van der Waals surface area contributed by atoms with Gasteiger partial charge in [-0.2, -0.15) is 0 Å². The zero-order valence-corrected chi connectivity index (χ0v) is 12.0. The van der Waals surface area contributed by atoms with E-state index in [0.717, 1.165) is 18.5 Å². The van der Waals surface area contributed by atoms with Crippen molar-refractivity contribution in [3.8, 4) is 0 Å². The van der Waals surface area contributed by atoms with Crippen LogP contribution >= 0.6 is 0 Å². The van der Waals surface area contributed by atoms with Crippen molar-refractivity contribution in [3.63, 3.8) is 0 Å². The molecule has 0 spiro atoms. The summed E-state index contributed by atoms with van der Waals surface area (Å²) in [6, 6.07) is 11.2. The van der Waals surface area contributed by atoms with E-state index in [4.69, 9.17) is 5.73 Å². The number of nitrogens with two attached hydrogens (primary N) is 1. The number of carbonyl (C=O) groups is 1. The van der Waals surface area contributed by atoms with Gasteiger partial charge >= 0.3 is 0 Å². The number of likely N-dealkylation sites (N-methyl/N-ethyl adjacent to an activating group) is 1. The maximum Gasteiger partial charge on any atom is 0.240 e. The molecule has 1 aromatic carbocycles. The van der Waals surface area contributed by atoms with Gasteiger partial charge < -0.3 is 10.6 Å². The van der Waals surface area contributed by atoms with Gasteiger partial charge in [-0.25, -0.2) is 0 Å². The Morgan fingerprint density at radius 3 is 2.45 bits per heavy atom. The van der Waals surface area contributed by atoms with Crippen molar-refractivity contribution in [2.24, 2.45) is 5.73 Å². The van der Waals surface area contributed by atoms with E-state index in [9.17, 15) is 4.79 Å². The van der Waals surface area contributed by atoms with Crippen LogP contribution in [0.4, 0.5) is 5.69 Å². The molecule has 2 aliphatic heterocycles. The van der Waals surface area contributed by atoms with Crippen LogP contribution in [0.5, 0.6) is 0 Å². The molecule has 2 atom stereocenters. The molecule has 4 heteroatoms. The Hall–Kier alpha value is -1.39. The number of para-hydroxylation sites is 1. The third-order valence-corrected chi connectivity index (χ3v) is 4.76. The first kappa shape index (κ1) is 13.6. The van der Waals surface area contributed by atoms with Crippen LogP contribution in [0.2, 0.25) is 0 Å². The van der Waals surface area contributed by atoms with Crippen molar-refractivity contribution < 1.29 is 4.79 Å². The van der Waals surface area contributed by atoms with Gasteiger partial charge in [0.2, 0.25) is 5.91 Å². The first-order valence-corrected chi connectivity index (χ1v) is 7.48. The Bertz CT molecular complexity index is 462. The van der Waals surface area contributed by atoms with Crippen molar-refractivity contribution in [2.75, 3.05) is 18.5 Å². The fourth-order valence-corrected chi connectivity index (χ4v) is 3.63. The number of anilines is 1. The highest BCUT2D eigenvalue weighted by Gasteiger charge is 2.40. The molecule has 2 N–H and O–H groups in total. The monoisotopic (exact) mass is 273 g/mol. The molecule has 1 aromatic rings. The summed E-state index contributed by atoms with van der Waals surface area (Å²) in [7, 11) is 1.86. The van der Waals surface area contributed by atoms with Gasteiger partial charge in [0.15, 0.2) is 0 Å². The molecule has 4 nitrogen and oxygen atoms in total. The van der Waals surface area contributed by atoms with Gasteiger partial charge in [0, 0.05) is 30.9 Å². The highest BCUT2D eigenvalue weighted by molar-refractivity contribution is 5.94. The number of hydrogen-bond donors (Lipinski definition) is 1. The van der Waals surface area contributed by atoms with Gasteiger partial charge in [0.05, 0.1) is 6.54 Å². The summed E-state index contributed by atoms with van der Waals surface area (Å²) in [6.45, 7) is 0.521. The van der Waals surface area contributed by atoms with Crippen molar-refractivity contribution >= 4 is 11.6 Å². The number of piperidine rings is 1. The first-order valence-electron chi connectivity index (χ1n) is 7.48. The molecule has 0 aromatic heterocycles. The van der Waals surface area contributed by atoms with Crippen LogP contribution in [-0.4, -0.2) is 42.5 Å². The SMILES string of the molecule is CN(C(=O)CN1C2CCC1CC(N)C2)c1ccccc1. The Labute approximate surface area is 120 Å². The van der Waals surface area contributed by atoms with Crippen LogP contribution in [-0.2, 0) is 4.79 Å². The molecular formula is C16H23N3O. The summed E-state index contributed by atoms with van der Waals surface area (Å²) >= 11 is 0. The number of fused-ring (bicyclic) bond motifs is 2. The fraction of sp³-hybridized carbons (Fsp3) is 0.562. The molecule has 2 unspecified atom stereocenters. The molecule has 0 saturated carbocycles. The van der Waals surface area contributed by atoms with E-state index < -0.39 is 0 Å². The minimum absolute atomic E-state index is 0.170. The lowest BCUT2D eigenvalue weighted by molar-refractivity contribution is -0.120. The number of hydrogen-bond acceptors (Lipinski definition) is 3. The normalized spacial score (nSPS) is 29.4. The zero-order chi connectivity index (χ0) is 14.1. The smallest absolute Gasteiger partial charge is 0.240 e. The molecule has 2 fully saturated rings. The van der Waals surface area contributed by atoms with Gasteiger partial charge in [0.25, 0.3) is 0 Å². The number of benzene rings is 1. The summed E-state index contributed by atoms with van der Waals surface area (Å²) in [5.74, 6) is 0.170. The van der Waals surface area contributed by atoms with Crippen LogP contribution in [0, 0.1) is 0 Å². The summed E-state index contributed by atoms with van der Waals surface area (Å²) in [4.78, 5) is 16.6. The van der Waals surface area contributed by atoms with Crippen LogP contribution in [0.3, 0.4) is 0 Å². The van der Waals surface area contributed by atoms with Crippen LogP contribution in [0.15, 0.2) is 30.3 Å². The molecule has 3 rings (SSSR count). The number of amides is 1. The van der Waals surface area contributed by atoms with Crippen molar-refractivity contribution in [3.05, 3.63) is 30.3 Å². The Morgan fingerprint density at radius 1 is 1.25 bits per heavy atom. The van der Waals surface area contributed by atoms with Crippen LogP contribution < -0.4 is 10.6 Å². The number of nitrogens with zero attached hydrogens (tertiary/aromatic N) is 2. The average molecular weight is 273 g/mol. The van der Waals surface area contributed by atoms with Crippen molar-refractivity contribution in [1.29, 1.82) is 0 Å². The molecule has 108 valence electrons. The molecule has 0 radical (unpaired) electrons. The van der Waals surface area contributed by atoms with Crippen molar-refractivity contribution in [2.45, 2.75) is 43.8 Å². The predicted molar refractivity (Wildman–Crippen MR) is 80.6 cm³/mol. The fourth-order valence-electron chi connectivity index (χ4n) is 3.63. The summed E-state index contributed by atoms with van der Waals surface area (Å²) in [5.41, 5.74) is 7.03. The van der Waals surface area contributed by atoms with Gasteiger partial charge in [-0.15, -0.1) is 0 Å². The van der Waals surface area contributed by atoms with Crippen LogP contribution in [0.25, 0.3) is 0 Å². The molecule has 1 amide bonds. The molecule has 2 heterocycles. The van der Waals surface area contributed by atoms with Crippen LogP contribution in [0.1, 0.15) is 25.7 Å². The zero-order valence-electron chi connectivity index (χ0n) is 12.0. The summed E-state index contributed by atoms with van der Waals surface area (Å²) in [5, 5.41) is 0. The first-order chi connectivity index (χ1) is 9.65. The van der Waals surface area contributed by atoms with E-state index in [0.29, 0.717) is 24.7 Å². The molecule has 2 bridgehead atoms. The second kappa shape index (κ2) is 5.54. The minimum Gasteiger partial charge on any atom is -0.328 e.